The number of fused-ring (bicyclic) bond motifs is 4. The summed E-state index contributed by atoms with van der Waals surface area (Å²) in [7, 11) is 0. The van der Waals surface area contributed by atoms with Crippen molar-refractivity contribution >= 4 is 32.8 Å². The van der Waals surface area contributed by atoms with E-state index in [1.165, 1.54) is 24.8 Å². The van der Waals surface area contributed by atoms with E-state index in [0.29, 0.717) is 46.0 Å². The second-order valence-electron chi connectivity index (χ2n) is 20.0. The average Bonchev–Trinajstić information content (AvgIpc) is 4.08. The van der Waals surface area contributed by atoms with Gasteiger partial charge in [-0.2, -0.15) is 18.2 Å². The van der Waals surface area contributed by atoms with Crippen molar-refractivity contribution in [2.75, 3.05) is 0 Å². The van der Waals surface area contributed by atoms with Crippen LogP contribution in [0.25, 0.3) is 72.3 Å². The number of pyridine rings is 1. The molecule has 4 aliphatic rings. The summed E-state index contributed by atoms with van der Waals surface area (Å²) < 4.78 is 101. The number of hydrogen-bond acceptors (Lipinski definition) is 2. The average molecular weight is 1070 g/mol. The van der Waals surface area contributed by atoms with Crippen LogP contribution in [0.1, 0.15) is 84.1 Å². The minimum Gasteiger partial charge on any atom is -0.510 e. The number of benzene rings is 7. The van der Waals surface area contributed by atoms with Crippen molar-refractivity contribution < 1.29 is 44.1 Å². The molecule has 0 amide bonds. The molecule has 338 valence electrons. The van der Waals surface area contributed by atoms with Crippen LogP contribution in [0.3, 0.4) is 0 Å². The van der Waals surface area contributed by atoms with Crippen LogP contribution in [0.5, 0.6) is 11.5 Å². The summed E-state index contributed by atoms with van der Waals surface area (Å²) in [6, 6.07) is 35.4. The quantitative estimate of drug-likeness (QED) is 0.112. The number of hydrogen-bond donors (Lipinski definition) is 0. The molecule has 0 N–H and O–H groups in total. The normalized spacial score (nSPS) is 21.8. The third kappa shape index (κ3) is 7.24. The number of aromatic nitrogens is 4. The standard InChI is InChI=1S/C62H52N4O.Pt/c1-61(2,3)46-28-29-63-59(34-46)66-55-23-11-10-20-53(55)54-26-25-50(36-57(54)66)67-49-19-12-18-48(35-49)64-40-65(58-33-47(24-27-56(58)64)62-37-41-30-42(38-62)32-43(31-41)39-62)60-51(44-14-6-4-7-15-44)21-13-22-52(60)45-16-8-5-9-17-45;/h4-29,33-34,41-43H,30-32,37-39H2,1-3H3;/q-2;/i4D,5D,6D,7D,8D,9D,14D,15D,16D,17D;. The summed E-state index contributed by atoms with van der Waals surface area (Å²) in [4.78, 5) is 4.84. The van der Waals surface area contributed by atoms with Crippen molar-refractivity contribution in [3.05, 3.63) is 199 Å². The predicted molar refractivity (Wildman–Crippen MR) is 269 cm³/mol. The maximum Gasteiger partial charge on any atom is 0.268 e. The van der Waals surface area contributed by atoms with E-state index >= 15 is 0 Å². The van der Waals surface area contributed by atoms with Gasteiger partial charge >= 0.3 is 0 Å². The summed E-state index contributed by atoms with van der Waals surface area (Å²) in [6.45, 7) is 6.54. The van der Waals surface area contributed by atoms with Crippen molar-refractivity contribution in [3.63, 3.8) is 0 Å². The topological polar surface area (TPSA) is 35.9 Å². The zero-order chi connectivity index (χ0) is 53.6. The van der Waals surface area contributed by atoms with Gasteiger partial charge in [0.05, 0.1) is 30.4 Å². The molecule has 0 aliphatic heterocycles. The fourth-order valence-electron chi connectivity index (χ4n) is 12.1. The minimum absolute atomic E-state index is 0. The zero-order valence-electron chi connectivity index (χ0n) is 47.9. The van der Waals surface area contributed by atoms with Gasteiger partial charge in [-0.15, -0.1) is 29.7 Å². The first-order valence-electron chi connectivity index (χ1n) is 28.3. The maximum atomic E-state index is 9.25. The van der Waals surface area contributed by atoms with Gasteiger partial charge in [-0.05, 0) is 136 Å². The Morgan fingerprint density at radius 1 is 0.676 bits per heavy atom. The Kier molecular flexibility index (Phi) is 8.06. The Hall–Kier alpha value is -6.55. The largest absolute Gasteiger partial charge is 0.510 e. The number of ether oxygens (including phenoxy) is 1. The first-order valence-corrected chi connectivity index (χ1v) is 23.3. The predicted octanol–water partition coefficient (Wildman–Crippen LogP) is 14.7. The van der Waals surface area contributed by atoms with E-state index in [4.69, 9.17) is 17.9 Å². The number of rotatable bonds is 8. The Morgan fingerprint density at radius 2 is 1.34 bits per heavy atom. The fourth-order valence-corrected chi connectivity index (χ4v) is 12.1. The Balaban J connectivity index is 0.00000609. The molecule has 5 nitrogen and oxygen atoms in total. The molecule has 68 heavy (non-hydrogen) atoms. The zero-order valence-corrected chi connectivity index (χ0v) is 40.2. The molecule has 7 aromatic carbocycles. The van der Waals surface area contributed by atoms with Gasteiger partial charge in [-0.1, -0.05) is 135 Å². The maximum absolute atomic E-state index is 9.25. The van der Waals surface area contributed by atoms with Gasteiger partial charge in [-0.25, -0.2) is 4.98 Å². The summed E-state index contributed by atoms with van der Waals surface area (Å²) in [6.07, 6.45) is 12.4. The molecule has 4 fully saturated rings. The second-order valence-corrected chi connectivity index (χ2v) is 20.0. The van der Waals surface area contributed by atoms with E-state index in [0.717, 1.165) is 52.4 Å². The van der Waals surface area contributed by atoms with E-state index < -0.39 is 60.4 Å². The molecule has 6 heteroatoms. The van der Waals surface area contributed by atoms with Crippen LogP contribution in [0.15, 0.2) is 170 Å². The third-order valence-electron chi connectivity index (χ3n) is 14.7. The molecule has 0 saturated heterocycles. The number of para-hydroxylation sites is 2. The van der Waals surface area contributed by atoms with E-state index in [2.05, 4.69) is 80.2 Å². The van der Waals surface area contributed by atoms with Crippen LogP contribution in [0, 0.1) is 36.2 Å². The first-order chi connectivity index (χ1) is 36.9. The van der Waals surface area contributed by atoms with Gasteiger partial charge in [0.1, 0.15) is 5.82 Å². The SMILES string of the molecule is [2H]c1c([2H])c([2H])c(-c2cccc(-c3c([2H])c([2H])c([2H])c([2H])c3[2H])c2-[n+]2[c-]n(-c3[c-]c(Oc4[c-]c5c(cc4)c4ccccc4n5-c4cc(C(C)(C)C)ccn4)ccc3)c3ccc(C45CC6CC(CC(C6)C4)C5)cc32)c([2H])c1[2H].[Pt]. The fraction of sp³-hybridized carbons (Fsp3) is 0.226. The Morgan fingerprint density at radius 3 is 2.03 bits per heavy atom. The number of nitrogens with zero attached hydrogens (tertiary/aromatic N) is 4. The summed E-state index contributed by atoms with van der Waals surface area (Å²) in [5, 5.41) is 2.05. The van der Waals surface area contributed by atoms with Gasteiger partial charge in [0, 0.05) is 44.3 Å². The van der Waals surface area contributed by atoms with E-state index in [1.807, 2.05) is 59.3 Å². The first kappa shape index (κ1) is 33.0. The molecule has 0 spiro atoms. The van der Waals surface area contributed by atoms with E-state index in [-0.39, 0.29) is 59.8 Å². The van der Waals surface area contributed by atoms with Gasteiger partial charge in [-0.3, -0.25) is 4.57 Å². The third-order valence-corrected chi connectivity index (χ3v) is 14.7. The van der Waals surface area contributed by atoms with Crippen LogP contribution in [-0.4, -0.2) is 14.1 Å². The van der Waals surface area contributed by atoms with Gasteiger partial charge in [0.25, 0.3) is 6.33 Å². The molecular weight excluding hydrogens is 1010 g/mol. The molecule has 0 radical (unpaired) electrons. The molecular formula is C62H52N4OPt-2. The summed E-state index contributed by atoms with van der Waals surface area (Å²) in [5.41, 5.74) is 6.24. The van der Waals surface area contributed by atoms with Gasteiger partial charge in [0.15, 0.2) is 0 Å². The molecule has 4 bridgehead atoms. The molecule has 4 aliphatic carbocycles. The summed E-state index contributed by atoms with van der Waals surface area (Å²) in [5.74, 6) is 3.56. The van der Waals surface area contributed by atoms with Crippen molar-refractivity contribution in [3.8, 4) is 50.9 Å². The Bertz CT molecular complexity index is 3960. The van der Waals surface area contributed by atoms with Crippen molar-refractivity contribution in [2.45, 2.75) is 70.1 Å². The van der Waals surface area contributed by atoms with Crippen LogP contribution >= 0.6 is 0 Å². The van der Waals surface area contributed by atoms with Crippen LogP contribution < -0.4 is 9.30 Å². The van der Waals surface area contributed by atoms with E-state index in [1.54, 1.807) is 22.8 Å². The smallest absolute Gasteiger partial charge is 0.268 e. The molecule has 4 saturated carbocycles. The molecule has 0 unspecified atom stereocenters. The molecule has 14 rings (SSSR count). The monoisotopic (exact) mass is 1070 g/mol. The second kappa shape index (κ2) is 16.6. The van der Waals surface area contributed by atoms with Crippen molar-refractivity contribution in [1.82, 2.24) is 14.1 Å². The van der Waals surface area contributed by atoms with Crippen molar-refractivity contribution in [1.29, 1.82) is 0 Å². The van der Waals surface area contributed by atoms with Gasteiger partial charge in [0.2, 0.25) is 0 Å². The van der Waals surface area contributed by atoms with Crippen LogP contribution in [-0.2, 0) is 31.9 Å². The molecule has 0 atom stereocenters. The minimum atomic E-state index is -0.552. The van der Waals surface area contributed by atoms with E-state index in [9.17, 15) is 5.48 Å². The number of imidazole rings is 1. The molecule has 3 aromatic heterocycles. The summed E-state index contributed by atoms with van der Waals surface area (Å²) >= 11 is 0. The molecule has 10 aromatic rings. The van der Waals surface area contributed by atoms with Gasteiger partial charge < -0.3 is 13.9 Å². The van der Waals surface area contributed by atoms with Crippen LogP contribution in [0.2, 0.25) is 0 Å². The Labute approximate surface area is 427 Å². The van der Waals surface area contributed by atoms with Crippen molar-refractivity contribution in [2.24, 2.45) is 17.8 Å². The van der Waals surface area contributed by atoms with Crippen LogP contribution in [0.4, 0.5) is 0 Å². The molecule has 3 heterocycles.